The van der Waals surface area contributed by atoms with Gasteiger partial charge in [0.05, 0.1) is 29.9 Å². The lowest BCUT2D eigenvalue weighted by Crippen LogP contribution is -2.46. The van der Waals surface area contributed by atoms with Crippen LogP contribution in [0.25, 0.3) is 0 Å². The molecule has 168 valence electrons. The number of piperidine rings is 1. The van der Waals surface area contributed by atoms with Crippen molar-refractivity contribution in [2.24, 2.45) is 0 Å². The molecule has 2 atom stereocenters. The summed E-state index contributed by atoms with van der Waals surface area (Å²) in [6, 6.07) is 6.57. The van der Waals surface area contributed by atoms with Crippen molar-refractivity contribution >= 4 is 38.9 Å². The summed E-state index contributed by atoms with van der Waals surface area (Å²) in [6.07, 6.45) is 4.32. The van der Waals surface area contributed by atoms with Crippen LogP contribution >= 0.6 is 0 Å². The average molecular weight is 449 g/mol. The summed E-state index contributed by atoms with van der Waals surface area (Å²) in [5, 5.41) is 12.5. The molecule has 31 heavy (non-hydrogen) atoms. The molecule has 1 aromatic heterocycles. The van der Waals surface area contributed by atoms with Gasteiger partial charge in [-0.3, -0.25) is 24.3 Å². The molecule has 2 aromatic rings. The maximum absolute atomic E-state index is 12.8. The number of hydrogen-bond donors (Lipinski definition) is 4. The van der Waals surface area contributed by atoms with Crippen LogP contribution in [0, 0.1) is 0 Å². The number of aromatic amines is 1. The third kappa shape index (κ3) is 6.28. The Kier molecular flexibility index (Phi) is 6.96. The third-order valence-corrected chi connectivity index (χ3v) is 5.82. The van der Waals surface area contributed by atoms with E-state index >= 15 is 0 Å². The molecule has 4 N–H and O–H groups in total. The molecule has 1 aliphatic heterocycles. The van der Waals surface area contributed by atoms with E-state index in [9.17, 15) is 18.0 Å². The number of hydrogen-bond acceptors (Lipinski definition) is 6. The van der Waals surface area contributed by atoms with Gasteiger partial charge in [0.2, 0.25) is 21.8 Å². The van der Waals surface area contributed by atoms with Gasteiger partial charge in [0.25, 0.3) is 0 Å². The predicted molar refractivity (Wildman–Crippen MR) is 119 cm³/mol. The van der Waals surface area contributed by atoms with E-state index in [2.05, 4.69) is 30.5 Å². The van der Waals surface area contributed by atoms with Crippen molar-refractivity contribution in [2.75, 3.05) is 34.7 Å². The first-order chi connectivity index (χ1) is 14.6. The zero-order valence-corrected chi connectivity index (χ0v) is 18.6. The van der Waals surface area contributed by atoms with Crippen molar-refractivity contribution in [3.63, 3.8) is 0 Å². The lowest BCUT2D eigenvalue weighted by atomic mass is 9.93. The summed E-state index contributed by atoms with van der Waals surface area (Å²) < 4.78 is 25.7. The van der Waals surface area contributed by atoms with Gasteiger partial charge in [0.15, 0.2) is 0 Å². The molecule has 0 spiro atoms. The molecule has 11 heteroatoms. The molecule has 1 saturated heterocycles. The Bertz CT molecular complexity index is 1030. The number of nitrogens with one attached hydrogen (secondary N) is 4. The number of aromatic nitrogens is 2. The van der Waals surface area contributed by atoms with Crippen LogP contribution in [0.2, 0.25) is 0 Å². The van der Waals surface area contributed by atoms with Gasteiger partial charge in [-0.2, -0.15) is 5.10 Å². The van der Waals surface area contributed by atoms with E-state index in [4.69, 9.17) is 0 Å². The fourth-order valence-corrected chi connectivity index (χ4v) is 4.30. The summed E-state index contributed by atoms with van der Waals surface area (Å²) in [4.78, 5) is 26.0. The van der Waals surface area contributed by atoms with Crippen molar-refractivity contribution in [3.8, 4) is 0 Å². The normalized spacial score (nSPS) is 18.2. The Morgan fingerprint density at radius 2 is 1.84 bits per heavy atom. The number of anilines is 3. The highest BCUT2D eigenvalue weighted by atomic mass is 32.2. The molecule has 1 aromatic carbocycles. The molecule has 3 rings (SSSR count). The highest BCUT2D eigenvalue weighted by Crippen LogP contribution is 2.31. The number of likely N-dealkylation sites (tertiary alicyclic amines) is 1. The van der Waals surface area contributed by atoms with Crippen LogP contribution in [-0.4, -0.2) is 60.7 Å². The zero-order chi connectivity index (χ0) is 22.6. The SMILES string of the molecule is CC(=O)Nc1ccc(NC(=O)C(C)N2CCCC(c3[nH]ncc3NS(C)(=O)=O)C2)cc1. The van der Waals surface area contributed by atoms with E-state index < -0.39 is 10.0 Å². The van der Waals surface area contributed by atoms with Gasteiger partial charge in [0.1, 0.15) is 0 Å². The van der Waals surface area contributed by atoms with E-state index in [0.717, 1.165) is 31.3 Å². The number of carbonyl (C=O) groups is 2. The lowest BCUT2D eigenvalue weighted by Gasteiger charge is -2.36. The van der Waals surface area contributed by atoms with Gasteiger partial charge < -0.3 is 10.6 Å². The number of H-pyrrole nitrogens is 1. The van der Waals surface area contributed by atoms with Crippen molar-refractivity contribution < 1.29 is 18.0 Å². The molecule has 2 amide bonds. The van der Waals surface area contributed by atoms with Crippen LogP contribution < -0.4 is 15.4 Å². The van der Waals surface area contributed by atoms with Crippen LogP contribution in [0.3, 0.4) is 0 Å². The molecule has 2 heterocycles. The minimum Gasteiger partial charge on any atom is -0.326 e. The first kappa shape index (κ1) is 22.8. The summed E-state index contributed by atoms with van der Waals surface area (Å²) in [5.41, 5.74) is 2.49. The summed E-state index contributed by atoms with van der Waals surface area (Å²) in [7, 11) is -3.41. The molecule has 1 aliphatic rings. The van der Waals surface area contributed by atoms with Crippen molar-refractivity contribution in [2.45, 2.75) is 38.6 Å². The van der Waals surface area contributed by atoms with Crippen LogP contribution in [0.4, 0.5) is 17.1 Å². The quantitative estimate of drug-likeness (QED) is 0.511. The van der Waals surface area contributed by atoms with Gasteiger partial charge in [-0.15, -0.1) is 0 Å². The molecule has 2 unspecified atom stereocenters. The summed E-state index contributed by atoms with van der Waals surface area (Å²) >= 11 is 0. The van der Waals surface area contributed by atoms with E-state index in [0.29, 0.717) is 23.6 Å². The monoisotopic (exact) mass is 448 g/mol. The van der Waals surface area contributed by atoms with Crippen molar-refractivity contribution in [3.05, 3.63) is 36.2 Å². The number of amides is 2. The Morgan fingerprint density at radius 1 is 1.19 bits per heavy atom. The second kappa shape index (κ2) is 9.48. The Morgan fingerprint density at radius 3 is 2.45 bits per heavy atom. The smallest absolute Gasteiger partial charge is 0.241 e. The molecular weight excluding hydrogens is 420 g/mol. The molecule has 0 aliphatic carbocycles. The van der Waals surface area contributed by atoms with Gasteiger partial charge in [0, 0.05) is 30.8 Å². The van der Waals surface area contributed by atoms with E-state index in [1.54, 1.807) is 24.3 Å². The van der Waals surface area contributed by atoms with Gasteiger partial charge in [-0.1, -0.05) is 0 Å². The van der Waals surface area contributed by atoms with Crippen LogP contribution in [-0.2, 0) is 19.6 Å². The number of carbonyl (C=O) groups excluding carboxylic acids is 2. The van der Waals surface area contributed by atoms with Crippen molar-refractivity contribution in [1.29, 1.82) is 0 Å². The average Bonchev–Trinajstić information content (AvgIpc) is 3.15. The third-order valence-electron chi connectivity index (χ3n) is 5.23. The highest BCUT2D eigenvalue weighted by Gasteiger charge is 2.30. The number of benzene rings is 1. The molecule has 0 bridgehead atoms. The van der Waals surface area contributed by atoms with E-state index in [1.165, 1.54) is 13.1 Å². The van der Waals surface area contributed by atoms with Crippen molar-refractivity contribution in [1.82, 2.24) is 15.1 Å². The Balaban J connectivity index is 1.63. The largest absolute Gasteiger partial charge is 0.326 e. The van der Waals surface area contributed by atoms with E-state index in [-0.39, 0.29) is 23.8 Å². The number of rotatable bonds is 7. The molecular formula is C20H28N6O4S. The maximum atomic E-state index is 12.8. The molecule has 1 fully saturated rings. The minimum absolute atomic E-state index is 0.0349. The van der Waals surface area contributed by atoms with Crippen LogP contribution in [0.15, 0.2) is 30.5 Å². The zero-order valence-electron chi connectivity index (χ0n) is 17.8. The molecule has 0 saturated carbocycles. The number of nitrogens with zero attached hydrogens (tertiary/aromatic N) is 2. The molecule has 10 nitrogen and oxygen atoms in total. The lowest BCUT2D eigenvalue weighted by molar-refractivity contribution is -0.121. The predicted octanol–water partition coefficient (Wildman–Crippen LogP) is 1.95. The standard InChI is InChI=1S/C20H28N6O4S/c1-13(20(28)23-17-8-6-16(7-9-17)22-14(2)27)26-10-4-5-15(12-26)19-18(11-21-24-19)25-31(3,29)30/h6-9,11,13,15,25H,4-5,10,12H2,1-3H3,(H,21,24)(H,22,27)(H,23,28). The fraction of sp³-hybridized carbons (Fsp3) is 0.450. The fourth-order valence-electron chi connectivity index (χ4n) is 3.73. The summed E-state index contributed by atoms with van der Waals surface area (Å²) in [6.45, 7) is 4.67. The van der Waals surface area contributed by atoms with Gasteiger partial charge >= 0.3 is 0 Å². The van der Waals surface area contributed by atoms with Crippen LogP contribution in [0.5, 0.6) is 0 Å². The van der Waals surface area contributed by atoms with Crippen LogP contribution in [0.1, 0.15) is 38.3 Å². The Labute approximate surface area is 181 Å². The summed E-state index contributed by atoms with van der Waals surface area (Å²) in [5.74, 6) is -0.253. The van der Waals surface area contributed by atoms with Gasteiger partial charge in [-0.25, -0.2) is 8.42 Å². The first-order valence-corrected chi connectivity index (χ1v) is 11.9. The topological polar surface area (TPSA) is 136 Å². The number of sulfonamides is 1. The highest BCUT2D eigenvalue weighted by molar-refractivity contribution is 7.92. The maximum Gasteiger partial charge on any atom is 0.241 e. The minimum atomic E-state index is -3.41. The first-order valence-electron chi connectivity index (χ1n) is 10.1. The van der Waals surface area contributed by atoms with Gasteiger partial charge in [-0.05, 0) is 50.6 Å². The second-order valence-corrected chi connectivity index (χ2v) is 9.58. The molecule has 0 radical (unpaired) electrons. The van der Waals surface area contributed by atoms with E-state index in [1.807, 2.05) is 6.92 Å². The second-order valence-electron chi connectivity index (χ2n) is 7.83. The Hall–Kier alpha value is -2.92.